The van der Waals surface area contributed by atoms with Crippen LogP contribution in [0.2, 0.25) is 5.02 Å². The zero-order valence-corrected chi connectivity index (χ0v) is 16.4. The lowest BCUT2D eigenvalue weighted by atomic mass is 10.1. The van der Waals surface area contributed by atoms with Crippen molar-refractivity contribution in [2.45, 2.75) is 12.6 Å². The minimum Gasteiger partial charge on any atom is -0.343 e. The van der Waals surface area contributed by atoms with Gasteiger partial charge < -0.3 is 5.32 Å². The summed E-state index contributed by atoms with van der Waals surface area (Å²) in [6.45, 7) is 0.899. The fraction of sp³-hybridized carbons (Fsp3) is 0.190. The van der Waals surface area contributed by atoms with Crippen molar-refractivity contribution in [1.82, 2.24) is 10.2 Å². The van der Waals surface area contributed by atoms with Gasteiger partial charge in [0, 0.05) is 16.4 Å². The second-order valence-corrected chi connectivity index (χ2v) is 7.78. The molecule has 0 bridgehead atoms. The van der Waals surface area contributed by atoms with Crippen molar-refractivity contribution in [3.63, 3.8) is 0 Å². The van der Waals surface area contributed by atoms with E-state index in [4.69, 9.17) is 11.6 Å². The minimum atomic E-state index is -0.294. The number of thiophene rings is 1. The Morgan fingerprint density at radius 1 is 1.15 bits per heavy atom. The maximum absolute atomic E-state index is 13.3. The predicted octanol–water partition coefficient (Wildman–Crippen LogP) is 4.88. The molecule has 2 aromatic carbocycles. The molecular weight excluding hydrogens is 383 g/mol. The largest absolute Gasteiger partial charge is 0.343 e. The van der Waals surface area contributed by atoms with Gasteiger partial charge in [-0.3, -0.25) is 9.69 Å². The summed E-state index contributed by atoms with van der Waals surface area (Å²) < 4.78 is 13.3. The molecule has 140 valence electrons. The Hall–Kier alpha value is -2.21. The molecule has 0 aliphatic rings. The fourth-order valence-corrected chi connectivity index (χ4v) is 3.77. The summed E-state index contributed by atoms with van der Waals surface area (Å²) in [5.74, 6) is -0.383. The summed E-state index contributed by atoms with van der Waals surface area (Å²) in [5, 5.41) is 5.72. The lowest BCUT2D eigenvalue weighted by molar-refractivity contribution is -0.122. The van der Waals surface area contributed by atoms with Crippen LogP contribution in [0, 0.1) is 5.82 Å². The average Bonchev–Trinajstić information content (AvgIpc) is 3.17. The number of amides is 1. The molecule has 3 aromatic rings. The Morgan fingerprint density at radius 3 is 2.48 bits per heavy atom. The molecule has 6 heteroatoms. The van der Waals surface area contributed by atoms with Crippen molar-refractivity contribution in [1.29, 1.82) is 0 Å². The highest BCUT2D eigenvalue weighted by molar-refractivity contribution is 7.10. The van der Waals surface area contributed by atoms with E-state index < -0.39 is 0 Å². The van der Waals surface area contributed by atoms with Crippen LogP contribution in [0.5, 0.6) is 0 Å². The van der Waals surface area contributed by atoms with Gasteiger partial charge in [-0.1, -0.05) is 41.9 Å². The number of hydrogen-bond acceptors (Lipinski definition) is 3. The Morgan fingerprint density at radius 2 is 1.85 bits per heavy atom. The quantitative estimate of drug-likeness (QED) is 0.611. The second-order valence-electron chi connectivity index (χ2n) is 6.37. The maximum Gasteiger partial charge on any atom is 0.234 e. The first kappa shape index (κ1) is 19.5. The molecule has 0 unspecified atom stereocenters. The number of likely N-dealkylation sites (N-methyl/N-ethyl adjacent to an activating group) is 1. The predicted molar refractivity (Wildman–Crippen MR) is 108 cm³/mol. The van der Waals surface area contributed by atoms with Crippen molar-refractivity contribution in [2.24, 2.45) is 0 Å². The van der Waals surface area contributed by atoms with E-state index in [1.54, 1.807) is 23.5 Å². The van der Waals surface area contributed by atoms with Crippen LogP contribution >= 0.6 is 22.9 Å². The molecule has 0 saturated carbocycles. The number of nitrogens with zero attached hydrogens (tertiary/aromatic N) is 1. The van der Waals surface area contributed by atoms with Crippen molar-refractivity contribution >= 4 is 28.8 Å². The highest BCUT2D eigenvalue weighted by Crippen LogP contribution is 2.26. The van der Waals surface area contributed by atoms with E-state index in [1.165, 1.54) is 12.1 Å². The third-order valence-corrected chi connectivity index (χ3v) is 5.30. The first-order chi connectivity index (χ1) is 13.0. The maximum atomic E-state index is 13.3. The minimum absolute atomic E-state index is 0.0887. The first-order valence-corrected chi connectivity index (χ1v) is 9.78. The molecule has 27 heavy (non-hydrogen) atoms. The summed E-state index contributed by atoms with van der Waals surface area (Å²) in [6, 6.07) is 17.4. The molecule has 1 heterocycles. The summed E-state index contributed by atoms with van der Waals surface area (Å²) in [5.41, 5.74) is 1.94. The summed E-state index contributed by atoms with van der Waals surface area (Å²) >= 11 is 7.47. The van der Waals surface area contributed by atoms with E-state index in [0.29, 0.717) is 11.6 Å². The van der Waals surface area contributed by atoms with Gasteiger partial charge in [-0.05, 0) is 53.9 Å². The summed E-state index contributed by atoms with van der Waals surface area (Å²) in [6.07, 6.45) is 0. The fourth-order valence-electron chi connectivity index (χ4n) is 2.84. The first-order valence-electron chi connectivity index (χ1n) is 8.52. The molecule has 0 spiro atoms. The standard InChI is InChI=1S/C21H20ClFN2OS/c1-25(13-15-4-8-17(22)9-5-15)14-20(26)24-21(19-3-2-12-27-19)16-6-10-18(23)11-7-16/h2-12,21H,13-14H2,1H3,(H,24,26)/t21-/m1/s1. The van der Waals surface area contributed by atoms with Gasteiger partial charge >= 0.3 is 0 Å². The molecule has 0 saturated heterocycles. The van der Waals surface area contributed by atoms with Crippen LogP contribution in [0.4, 0.5) is 4.39 Å². The van der Waals surface area contributed by atoms with E-state index in [-0.39, 0.29) is 24.3 Å². The van der Waals surface area contributed by atoms with Gasteiger partial charge in [0.25, 0.3) is 0 Å². The molecule has 0 aliphatic carbocycles. The molecule has 0 aliphatic heterocycles. The molecular formula is C21H20ClFN2OS. The number of halogens is 2. The zero-order valence-electron chi connectivity index (χ0n) is 14.9. The van der Waals surface area contributed by atoms with Crippen LogP contribution in [0.15, 0.2) is 66.0 Å². The number of benzene rings is 2. The lowest BCUT2D eigenvalue weighted by Crippen LogP contribution is -2.37. The molecule has 1 amide bonds. The second kappa shape index (κ2) is 9.13. The third-order valence-electron chi connectivity index (χ3n) is 4.12. The Labute approximate surface area is 167 Å². The number of rotatable bonds is 7. The van der Waals surface area contributed by atoms with E-state index in [0.717, 1.165) is 16.0 Å². The van der Waals surface area contributed by atoms with Crippen LogP contribution < -0.4 is 5.32 Å². The third kappa shape index (κ3) is 5.63. The molecule has 1 aromatic heterocycles. The van der Waals surface area contributed by atoms with Crippen molar-refractivity contribution in [3.05, 3.63) is 92.9 Å². The van der Waals surface area contributed by atoms with Gasteiger partial charge in [-0.15, -0.1) is 11.3 Å². The Bertz CT molecular complexity index is 866. The average molecular weight is 403 g/mol. The molecule has 0 radical (unpaired) electrons. The van der Waals surface area contributed by atoms with Crippen LogP contribution in [0.25, 0.3) is 0 Å². The molecule has 3 nitrogen and oxygen atoms in total. The number of carbonyl (C=O) groups is 1. The van der Waals surface area contributed by atoms with Gasteiger partial charge in [0.2, 0.25) is 5.91 Å². The molecule has 0 fully saturated rings. The van der Waals surface area contributed by atoms with Gasteiger partial charge in [0.05, 0.1) is 12.6 Å². The van der Waals surface area contributed by atoms with Gasteiger partial charge in [-0.2, -0.15) is 0 Å². The van der Waals surface area contributed by atoms with E-state index >= 15 is 0 Å². The smallest absolute Gasteiger partial charge is 0.234 e. The SMILES string of the molecule is CN(CC(=O)N[C@H](c1ccc(F)cc1)c1cccs1)Cc1ccc(Cl)cc1. The molecule has 1 N–H and O–H groups in total. The van der Waals surface area contributed by atoms with Crippen molar-refractivity contribution in [3.8, 4) is 0 Å². The van der Waals surface area contributed by atoms with Crippen molar-refractivity contribution < 1.29 is 9.18 Å². The summed E-state index contributed by atoms with van der Waals surface area (Å²) in [4.78, 5) is 15.5. The summed E-state index contributed by atoms with van der Waals surface area (Å²) in [7, 11) is 1.90. The number of nitrogens with one attached hydrogen (secondary N) is 1. The van der Waals surface area contributed by atoms with Gasteiger partial charge in [0.15, 0.2) is 0 Å². The van der Waals surface area contributed by atoms with Crippen LogP contribution in [0.3, 0.4) is 0 Å². The van der Waals surface area contributed by atoms with Gasteiger partial charge in [0.1, 0.15) is 5.82 Å². The van der Waals surface area contributed by atoms with Crippen LogP contribution in [0.1, 0.15) is 22.0 Å². The molecule has 3 rings (SSSR count). The van der Waals surface area contributed by atoms with E-state index in [1.807, 2.05) is 53.7 Å². The van der Waals surface area contributed by atoms with E-state index in [2.05, 4.69) is 5.32 Å². The van der Waals surface area contributed by atoms with Crippen LogP contribution in [-0.4, -0.2) is 24.4 Å². The van der Waals surface area contributed by atoms with Crippen LogP contribution in [-0.2, 0) is 11.3 Å². The number of hydrogen-bond donors (Lipinski definition) is 1. The highest BCUT2D eigenvalue weighted by atomic mass is 35.5. The lowest BCUT2D eigenvalue weighted by Gasteiger charge is -2.21. The highest BCUT2D eigenvalue weighted by Gasteiger charge is 2.19. The zero-order chi connectivity index (χ0) is 19.2. The van der Waals surface area contributed by atoms with Gasteiger partial charge in [-0.25, -0.2) is 4.39 Å². The Kier molecular flexibility index (Phi) is 6.61. The number of carbonyl (C=O) groups excluding carboxylic acids is 1. The Balaban J connectivity index is 1.65. The topological polar surface area (TPSA) is 32.3 Å². The normalized spacial score (nSPS) is 12.1. The monoisotopic (exact) mass is 402 g/mol. The van der Waals surface area contributed by atoms with Crippen molar-refractivity contribution in [2.75, 3.05) is 13.6 Å². The molecule has 1 atom stereocenters. The van der Waals surface area contributed by atoms with E-state index in [9.17, 15) is 9.18 Å².